The summed E-state index contributed by atoms with van der Waals surface area (Å²) in [6.45, 7) is 0.516. The Kier molecular flexibility index (Phi) is 4.43. The molecule has 10 heteroatoms. The Morgan fingerprint density at radius 2 is 1.93 bits per heavy atom. The Labute approximate surface area is 171 Å². The number of tetrazole rings is 1. The van der Waals surface area contributed by atoms with E-state index in [0.717, 1.165) is 11.1 Å². The summed E-state index contributed by atoms with van der Waals surface area (Å²) in [7, 11) is 6.01. The third-order valence-electron chi connectivity index (χ3n) is 4.68. The fourth-order valence-corrected chi connectivity index (χ4v) is 3.16. The van der Waals surface area contributed by atoms with Crippen molar-refractivity contribution in [3.8, 4) is 22.6 Å². The molecule has 2 radical (unpaired) electrons. The molecule has 0 bridgehead atoms. The van der Waals surface area contributed by atoms with Gasteiger partial charge in [0.2, 0.25) is 5.82 Å². The summed E-state index contributed by atoms with van der Waals surface area (Å²) in [5.41, 5.74) is 3.64. The Morgan fingerprint density at radius 1 is 1.10 bits per heavy atom. The first-order chi connectivity index (χ1) is 14.7. The summed E-state index contributed by atoms with van der Waals surface area (Å²) in [6.07, 6.45) is 1.53. The first kappa shape index (κ1) is 18.0. The zero-order valence-corrected chi connectivity index (χ0v) is 15.6. The molecule has 0 atom stereocenters. The minimum Gasteiger partial charge on any atom is -0.366 e. The molecule has 0 aliphatic carbocycles. The van der Waals surface area contributed by atoms with Crippen LogP contribution in [0, 0.1) is 5.82 Å². The molecule has 8 nitrogen and oxygen atoms in total. The normalized spacial score (nSPS) is 11.1. The van der Waals surface area contributed by atoms with Crippen molar-refractivity contribution in [1.82, 2.24) is 35.2 Å². The maximum atomic E-state index is 14.3. The summed E-state index contributed by atoms with van der Waals surface area (Å²) < 4.78 is 15.9. The second-order valence-electron chi connectivity index (χ2n) is 6.63. The molecule has 0 saturated heterocycles. The third kappa shape index (κ3) is 3.28. The van der Waals surface area contributed by atoms with E-state index in [-0.39, 0.29) is 5.82 Å². The molecule has 2 aromatic carbocycles. The van der Waals surface area contributed by atoms with Gasteiger partial charge in [0.1, 0.15) is 19.5 Å². The Hall–Kier alpha value is -4.08. The largest absolute Gasteiger partial charge is 0.366 e. The highest BCUT2D eigenvalue weighted by atomic mass is 19.1. The smallest absolute Gasteiger partial charge is 0.204 e. The van der Waals surface area contributed by atoms with E-state index in [1.54, 1.807) is 28.8 Å². The van der Waals surface area contributed by atoms with Gasteiger partial charge in [-0.3, -0.25) is 0 Å². The molecule has 0 spiro atoms. The van der Waals surface area contributed by atoms with Gasteiger partial charge < -0.3 is 5.32 Å². The molecular formula is C20H14BFN8. The SMILES string of the molecule is [B]c1cnn2c(NCc3ccc(-c4nn[nH]n4)cc3)cc(-c3ccccc3F)nc12. The van der Waals surface area contributed by atoms with Crippen LogP contribution in [0.2, 0.25) is 0 Å². The minimum atomic E-state index is -0.351. The molecule has 0 fully saturated rings. The minimum absolute atomic E-state index is 0.351. The summed E-state index contributed by atoms with van der Waals surface area (Å²) in [5, 5.41) is 21.6. The summed E-state index contributed by atoms with van der Waals surface area (Å²) in [4.78, 5) is 4.49. The maximum absolute atomic E-state index is 14.3. The van der Waals surface area contributed by atoms with Gasteiger partial charge in [0.25, 0.3) is 0 Å². The van der Waals surface area contributed by atoms with Crippen molar-refractivity contribution in [3.05, 3.63) is 72.2 Å². The zero-order valence-electron chi connectivity index (χ0n) is 15.6. The number of rotatable bonds is 5. The molecule has 0 saturated carbocycles. The number of H-pyrrole nitrogens is 1. The van der Waals surface area contributed by atoms with Gasteiger partial charge >= 0.3 is 0 Å². The van der Waals surface area contributed by atoms with E-state index < -0.39 is 0 Å². The predicted octanol–water partition coefficient (Wildman–Crippen LogP) is 2.12. The molecule has 3 heterocycles. The number of fused-ring (bicyclic) bond motifs is 1. The number of nitrogens with one attached hydrogen (secondary N) is 2. The van der Waals surface area contributed by atoms with E-state index in [9.17, 15) is 4.39 Å². The second-order valence-corrected chi connectivity index (χ2v) is 6.63. The molecule has 5 rings (SSSR count). The van der Waals surface area contributed by atoms with Gasteiger partial charge in [0.05, 0.1) is 5.69 Å². The Morgan fingerprint density at radius 3 is 2.70 bits per heavy atom. The van der Waals surface area contributed by atoms with Crippen LogP contribution in [0.25, 0.3) is 28.3 Å². The number of anilines is 1. The van der Waals surface area contributed by atoms with E-state index in [2.05, 4.69) is 36.0 Å². The molecule has 0 aliphatic rings. The Bertz CT molecular complexity index is 1310. The van der Waals surface area contributed by atoms with Crippen LogP contribution in [0.4, 0.5) is 10.2 Å². The fourth-order valence-electron chi connectivity index (χ4n) is 3.16. The average Bonchev–Trinajstić information content (AvgIpc) is 3.43. The van der Waals surface area contributed by atoms with Crippen molar-refractivity contribution in [1.29, 1.82) is 0 Å². The summed E-state index contributed by atoms with van der Waals surface area (Å²) in [5.74, 6) is 0.833. The van der Waals surface area contributed by atoms with Gasteiger partial charge in [-0.2, -0.15) is 14.8 Å². The lowest BCUT2D eigenvalue weighted by molar-refractivity contribution is 0.630. The standard InChI is InChI=1S/C20H14BFN8/c21-15-11-24-30-18(9-17(25-20(15)30)14-3-1-2-4-16(14)22)23-10-12-5-7-13(8-6-12)19-26-28-29-27-19/h1-9,11,23H,10H2,(H,26,27,28,29). The zero-order chi connectivity index (χ0) is 20.5. The van der Waals surface area contributed by atoms with E-state index in [1.165, 1.54) is 12.3 Å². The number of benzene rings is 2. The fraction of sp³-hybridized carbons (Fsp3) is 0.0500. The van der Waals surface area contributed by atoms with Crippen LogP contribution in [0.5, 0.6) is 0 Å². The van der Waals surface area contributed by atoms with E-state index in [4.69, 9.17) is 7.85 Å². The number of nitrogens with zero attached hydrogens (tertiary/aromatic N) is 6. The first-order valence-corrected chi connectivity index (χ1v) is 9.15. The lowest BCUT2D eigenvalue weighted by Gasteiger charge is -2.12. The van der Waals surface area contributed by atoms with Gasteiger partial charge in [0.15, 0.2) is 5.65 Å². The lowest BCUT2D eigenvalue weighted by Crippen LogP contribution is -2.09. The van der Waals surface area contributed by atoms with Crippen LogP contribution in [0.15, 0.2) is 60.8 Å². The predicted molar refractivity (Wildman–Crippen MR) is 111 cm³/mol. The lowest BCUT2D eigenvalue weighted by atomic mass is 10.0. The molecule has 0 unspecified atom stereocenters. The van der Waals surface area contributed by atoms with Crippen LogP contribution in [-0.4, -0.2) is 43.1 Å². The first-order valence-electron chi connectivity index (χ1n) is 9.15. The van der Waals surface area contributed by atoms with Crippen LogP contribution in [-0.2, 0) is 6.54 Å². The van der Waals surface area contributed by atoms with Crippen molar-refractivity contribution in [2.45, 2.75) is 6.54 Å². The molecule has 0 amide bonds. The second kappa shape index (κ2) is 7.39. The van der Waals surface area contributed by atoms with Gasteiger partial charge in [-0.15, -0.1) is 10.2 Å². The van der Waals surface area contributed by atoms with Crippen molar-refractivity contribution < 1.29 is 4.39 Å². The molecule has 3 aromatic heterocycles. The molecular weight excluding hydrogens is 382 g/mol. The third-order valence-corrected chi connectivity index (χ3v) is 4.68. The summed E-state index contributed by atoms with van der Waals surface area (Å²) >= 11 is 0. The number of aromatic nitrogens is 7. The summed E-state index contributed by atoms with van der Waals surface area (Å²) in [6, 6.07) is 16.0. The monoisotopic (exact) mass is 396 g/mol. The van der Waals surface area contributed by atoms with E-state index >= 15 is 0 Å². The highest BCUT2D eigenvalue weighted by Gasteiger charge is 2.13. The number of hydrogen-bond donors (Lipinski definition) is 2. The van der Waals surface area contributed by atoms with Crippen LogP contribution in [0.1, 0.15) is 5.56 Å². The van der Waals surface area contributed by atoms with Crippen LogP contribution in [0.3, 0.4) is 0 Å². The molecule has 2 N–H and O–H groups in total. The number of halogens is 1. The maximum Gasteiger partial charge on any atom is 0.204 e. The van der Waals surface area contributed by atoms with Gasteiger partial charge in [-0.25, -0.2) is 9.37 Å². The highest BCUT2D eigenvalue weighted by Crippen LogP contribution is 2.24. The van der Waals surface area contributed by atoms with Gasteiger partial charge in [0, 0.05) is 29.9 Å². The molecule has 30 heavy (non-hydrogen) atoms. The van der Waals surface area contributed by atoms with E-state index in [1.807, 2.05) is 24.3 Å². The molecule has 144 valence electrons. The van der Waals surface area contributed by atoms with Crippen molar-refractivity contribution in [2.24, 2.45) is 0 Å². The Balaban J connectivity index is 1.46. The van der Waals surface area contributed by atoms with Crippen LogP contribution >= 0.6 is 0 Å². The number of aromatic amines is 1. The van der Waals surface area contributed by atoms with Crippen molar-refractivity contribution >= 4 is 24.8 Å². The topological polar surface area (TPSA) is 96.7 Å². The van der Waals surface area contributed by atoms with Crippen molar-refractivity contribution in [3.63, 3.8) is 0 Å². The van der Waals surface area contributed by atoms with Gasteiger partial charge in [-0.1, -0.05) is 36.4 Å². The molecule has 5 aromatic rings. The van der Waals surface area contributed by atoms with Crippen LogP contribution < -0.4 is 10.8 Å². The highest BCUT2D eigenvalue weighted by molar-refractivity contribution is 6.36. The quantitative estimate of drug-likeness (QED) is 0.442. The molecule has 0 aliphatic heterocycles. The number of hydrogen-bond acceptors (Lipinski definition) is 6. The van der Waals surface area contributed by atoms with Gasteiger partial charge in [-0.05, 0) is 28.4 Å². The van der Waals surface area contributed by atoms with Crippen molar-refractivity contribution in [2.75, 3.05) is 5.32 Å². The average molecular weight is 396 g/mol. The van der Waals surface area contributed by atoms with E-state index in [0.29, 0.717) is 40.6 Å².